The van der Waals surface area contributed by atoms with Crippen LogP contribution in [0.3, 0.4) is 0 Å². The second-order valence-corrected chi connectivity index (χ2v) is 8.17. The fourth-order valence-electron chi connectivity index (χ4n) is 2.62. The van der Waals surface area contributed by atoms with Crippen molar-refractivity contribution in [2.45, 2.75) is 24.4 Å². The van der Waals surface area contributed by atoms with Gasteiger partial charge in [-0.1, -0.05) is 15.4 Å². The first-order chi connectivity index (χ1) is 14.4. The molecular formula is C19H15F4N3O4S. The van der Waals surface area contributed by atoms with Crippen LogP contribution in [0.4, 0.5) is 29.1 Å². The second kappa shape index (κ2) is 8.47. The number of aromatic nitrogens is 1. The van der Waals surface area contributed by atoms with Gasteiger partial charge in [0.15, 0.2) is 15.3 Å². The summed E-state index contributed by atoms with van der Waals surface area (Å²) in [5.74, 6) is -1.66. The number of hydrogen-bond donors (Lipinski definition) is 2. The quantitative estimate of drug-likeness (QED) is 0.423. The zero-order valence-corrected chi connectivity index (χ0v) is 16.6. The number of hydrogen-bond acceptors (Lipinski definition) is 5. The van der Waals surface area contributed by atoms with Crippen molar-refractivity contribution in [3.63, 3.8) is 0 Å². The predicted molar refractivity (Wildman–Crippen MR) is 102 cm³/mol. The molecule has 0 radical (unpaired) electrons. The van der Waals surface area contributed by atoms with Crippen LogP contribution in [-0.4, -0.2) is 15.6 Å². The molecule has 0 saturated carbocycles. The molecule has 0 aliphatic heterocycles. The van der Waals surface area contributed by atoms with E-state index in [-0.39, 0.29) is 28.4 Å². The number of halogens is 4. The van der Waals surface area contributed by atoms with Crippen LogP contribution < -0.4 is 10.0 Å². The molecule has 0 fully saturated rings. The highest BCUT2D eigenvalue weighted by molar-refractivity contribution is 7.98. The van der Waals surface area contributed by atoms with Crippen LogP contribution in [0.1, 0.15) is 16.9 Å². The van der Waals surface area contributed by atoms with Crippen molar-refractivity contribution in [2.75, 3.05) is 10.0 Å². The topological polar surface area (TPSA) is 107 Å². The van der Waals surface area contributed by atoms with E-state index in [9.17, 15) is 31.1 Å². The summed E-state index contributed by atoms with van der Waals surface area (Å²) < 4.78 is 83.1. The third kappa shape index (κ3) is 5.67. The lowest BCUT2D eigenvalue weighted by Crippen LogP contribution is -2.21. The molecule has 2 aromatic carbocycles. The van der Waals surface area contributed by atoms with Gasteiger partial charge in [-0.3, -0.25) is 4.79 Å². The zero-order chi connectivity index (χ0) is 22.8. The molecule has 2 N–H and O–H groups in total. The smallest absolute Gasteiger partial charge is 0.419 e. The normalized spacial score (nSPS) is 13.5. The number of aryl methyl sites for hydroxylation is 1. The van der Waals surface area contributed by atoms with Gasteiger partial charge in [0, 0.05) is 11.8 Å². The van der Waals surface area contributed by atoms with Crippen LogP contribution in [0.2, 0.25) is 0 Å². The van der Waals surface area contributed by atoms with Crippen LogP contribution >= 0.6 is 0 Å². The summed E-state index contributed by atoms with van der Waals surface area (Å²) in [5.41, 5.74) is -1.12. The maximum Gasteiger partial charge on any atom is 0.419 e. The van der Waals surface area contributed by atoms with Crippen molar-refractivity contribution < 1.29 is 35.6 Å². The molecule has 1 amide bonds. The molecule has 1 atom stereocenters. The van der Waals surface area contributed by atoms with E-state index < -0.39 is 33.9 Å². The van der Waals surface area contributed by atoms with E-state index in [2.05, 4.69) is 15.2 Å². The molecule has 0 spiro atoms. The Morgan fingerprint density at radius 2 is 1.84 bits per heavy atom. The van der Waals surface area contributed by atoms with Gasteiger partial charge in [-0.25, -0.2) is 4.39 Å². The molecule has 0 saturated heterocycles. The number of nitrogens with one attached hydrogen (secondary N) is 2. The lowest BCUT2D eigenvalue weighted by atomic mass is 10.1. The fourth-order valence-corrected chi connectivity index (χ4v) is 3.60. The number of amides is 1. The lowest BCUT2D eigenvalue weighted by molar-refractivity contribution is -0.140. The molecule has 31 heavy (non-hydrogen) atoms. The molecule has 1 aromatic heterocycles. The molecule has 0 bridgehead atoms. The number of carbonyl (C=O) groups is 1. The van der Waals surface area contributed by atoms with Gasteiger partial charge in [-0.15, -0.1) is 0 Å². The minimum Gasteiger partial charge on any atom is -0.588 e. The van der Waals surface area contributed by atoms with E-state index >= 15 is 0 Å². The van der Waals surface area contributed by atoms with Gasteiger partial charge in [0.1, 0.15) is 11.6 Å². The van der Waals surface area contributed by atoms with E-state index in [1.807, 2.05) is 0 Å². The molecule has 3 aromatic rings. The molecule has 0 aliphatic rings. The highest BCUT2D eigenvalue weighted by Gasteiger charge is 2.34. The largest absolute Gasteiger partial charge is 0.588 e. The number of benzene rings is 2. The van der Waals surface area contributed by atoms with Crippen molar-refractivity contribution in [1.82, 2.24) is 5.16 Å². The van der Waals surface area contributed by atoms with Gasteiger partial charge in [0.2, 0.25) is 11.7 Å². The molecule has 7 nitrogen and oxygen atoms in total. The van der Waals surface area contributed by atoms with E-state index in [1.165, 1.54) is 30.3 Å². The Hall–Kier alpha value is -3.25. The Morgan fingerprint density at radius 3 is 2.39 bits per heavy atom. The van der Waals surface area contributed by atoms with Gasteiger partial charge < -0.3 is 14.4 Å². The summed E-state index contributed by atoms with van der Waals surface area (Å²) in [5, 5.41) is 6.00. The second-order valence-electron chi connectivity index (χ2n) is 6.49. The first-order valence-electron chi connectivity index (χ1n) is 8.66. The summed E-state index contributed by atoms with van der Waals surface area (Å²) in [6.45, 7) is 1.60. The Morgan fingerprint density at radius 1 is 1.16 bits per heavy atom. The molecular weight excluding hydrogens is 442 g/mol. The van der Waals surface area contributed by atoms with Crippen LogP contribution in [0.5, 0.6) is 0 Å². The molecule has 1 heterocycles. The van der Waals surface area contributed by atoms with Crippen LogP contribution in [0, 0.1) is 12.7 Å². The number of sulfonamides is 1. The summed E-state index contributed by atoms with van der Waals surface area (Å²) in [7, 11) is -3.93. The van der Waals surface area contributed by atoms with Crippen molar-refractivity contribution >= 4 is 27.8 Å². The summed E-state index contributed by atoms with van der Waals surface area (Å²) in [6.07, 6.45) is -5.20. The third-order valence-electron chi connectivity index (χ3n) is 4.02. The summed E-state index contributed by atoms with van der Waals surface area (Å²) in [6, 6.07) is 8.76. The maximum absolute atomic E-state index is 13.6. The first kappa shape index (κ1) is 22.4. The molecule has 0 aliphatic carbocycles. The van der Waals surface area contributed by atoms with Crippen molar-refractivity contribution in [2.24, 2.45) is 0 Å². The SMILES string of the molecule is Cc1cc(N[S+](=O)([O-])c2ccc(NC(=O)Cc3ccc(C(F)(F)F)c(F)c3)cc2)no1. The minimum absolute atomic E-state index is 0.0126. The number of alkyl halides is 3. The Bertz CT molecular complexity index is 1150. The lowest BCUT2D eigenvalue weighted by Gasteiger charge is -2.14. The molecule has 164 valence electrons. The Kier molecular flexibility index (Phi) is 6.13. The number of nitrogens with zero attached hydrogens (tertiary/aromatic N) is 1. The number of carbonyl (C=O) groups excluding carboxylic acids is 1. The average Bonchev–Trinajstić information content (AvgIpc) is 3.05. The van der Waals surface area contributed by atoms with Crippen LogP contribution in [-0.2, 0) is 32.0 Å². The average molecular weight is 457 g/mol. The molecule has 12 heteroatoms. The van der Waals surface area contributed by atoms with Gasteiger partial charge in [-0.2, -0.15) is 17.9 Å². The van der Waals surface area contributed by atoms with Gasteiger partial charge >= 0.3 is 6.18 Å². The van der Waals surface area contributed by atoms with E-state index in [1.54, 1.807) is 6.92 Å². The monoisotopic (exact) mass is 457 g/mol. The van der Waals surface area contributed by atoms with Gasteiger partial charge in [0.25, 0.3) is 0 Å². The van der Waals surface area contributed by atoms with Crippen LogP contribution in [0.25, 0.3) is 0 Å². The van der Waals surface area contributed by atoms with E-state index in [0.29, 0.717) is 17.9 Å². The summed E-state index contributed by atoms with van der Waals surface area (Å²) >= 11 is 0. The van der Waals surface area contributed by atoms with Crippen molar-refractivity contribution in [3.05, 3.63) is 71.2 Å². The van der Waals surface area contributed by atoms with E-state index in [4.69, 9.17) is 4.52 Å². The number of anilines is 2. The maximum atomic E-state index is 13.6. The van der Waals surface area contributed by atoms with Crippen LogP contribution in [0.15, 0.2) is 57.9 Å². The molecule has 3 rings (SSSR count). The first-order valence-corrected chi connectivity index (χ1v) is 10.1. The number of rotatable bonds is 6. The zero-order valence-electron chi connectivity index (χ0n) is 15.8. The Labute approximate surface area is 174 Å². The van der Waals surface area contributed by atoms with E-state index in [0.717, 1.165) is 6.07 Å². The van der Waals surface area contributed by atoms with Gasteiger partial charge in [0.05, 0.1) is 12.0 Å². The molecule has 1 unspecified atom stereocenters. The van der Waals surface area contributed by atoms with Gasteiger partial charge in [-0.05, 0) is 48.9 Å². The van der Waals surface area contributed by atoms with Crippen molar-refractivity contribution in [3.8, 4) is 0 Å². The standard InChI is InChI=1S/C19H15F4N3O4S/c1-11-8-17(25-30-11)26-31(28,29)14-5-3-13(4-6-14)24-18(27)10-12-2-7-15(16(20)9-12)19(21,22)23/h2-9H,10H2,1H3,(H2-,24,25,26,27,28,29). The highest BCUT2D eigenvalue weighted by atomic mass is 32.3. The minimum atomic E-state index is -4.83. The Balaban J connectivity index is 1.63. The predicted octanol–water partition coefficient (Wildman–Crippen LogP) is 4.34. The summed E-state index contributed by atoms with van der Waals surface area (Å²) in [4.78, 5) is 12.0. The van der Waals surface area contributed by atoms with Crippen molar-refractivity contribution in [1.29, 1.82) is 0 Å². The highest BCUT2D eigenvalue weighted by Crippen LogP contribution is 2.31. The third-order valence-corrected chi connectivity index (χ3v) is 5.39. The fraction of sp³-hybridized carbons (Fsp3) is 0.158.